The number of alkyl halides is 3. The van der Waals surface area contributed by atoms with Gasteiger partial charge in [0.2, 0.25) is 0 Å². The van der Waals surface area contributed by atoms with Crippen molar-refractivity contribution in [2.45, 2.75) is 39.0 Å². The average molecular weight is 311 g/mol. The summed E-state index contributed by atoms with van der Waals surface area (Å²) in [5.74, 6) is -0.534. The van der Waals surface area contributed by atoms with Crippen LogP contribution in [0, 0.1) is 12.8 Å². The van der Waals surface area contributed by atoms with E-state index in [0.29, 0.717) is 18.2 Å². The maximum absolute atomic E-state index is 12.8. The summed E-state index contributed by atoms with van der Waals surface area (Å²) < 4.78 is 40.1. The molecule has 3 heterocycles. The van der Waals surface area contributed by atoms with Gasteiger partial charge in [-0.05, 0) is 25.5 Å². The molecule has 1 atom stereocenters. The molecule has 5 nitrogen and oxygen atoms in total. The van der Waals surface area contributed by atoms with Gasteiger partial charge < -0.3 is 5.73 Å². The van der Waals surface area contributed by atoms with Crippen LogP contribution in [0.4, 0.5) is 13.2 Å². The third-order valence-electron chi connectivity index (χ3n) is 3.92. The van der Waals surface area contributed by atoms with Crippen LogP contribution in [0.25, 0.3) is 11.4 Å². The van der Waals surface area contributed by atoms with E-state index in [1.54, 1.807) is 10.7 Å². The largest absolute Gasteiger partial charge is 0.392 e. The lowest BCUT2D eigenvalue weighted by molar-refractivity contribution is -0.179. The molecular formula is C14H16F3N5. The van der Waals surface area contributed by atoms with E-state index in [1.165, 1.54) is 0 Å². The van der Waals surface area contributed by atoms with Gasteiger partial charge in [-0.15, -0.1) is 0 Å². The molecule has 118 valence electrons. The van der Waals surface area contributed by atoms with E-state index in [-0.39, 0.29) is 19.4 Å². The van der Waals surface area contributed by atoms with Crippen LogP contribution in [0.15, 0.2) is 12.1 Å². The second kappa shape index (κ2) is 5.35. The van der Waals surface area contributed by atoms with Gasteiger partial charge in [0.1, 0.15) is 5.82 Å². The Morgan fingerprint density at radius 3 is 2.73 bits per heavy atom. The van der Waals surface area contributed by atoms with Gasteiger partial charge in [0.25, 0.3) is 0 Å². The predicted molar refractivity (Wildman–Crippen MR) is 73.7 cm³/mol. The zero-order valence-electron chi connectivity index (χ0n) is 12.1. The minimum atomic E-state index is -4.18. The molecule has 1 aliphatic heterocycles. The maximum atomic E-state index is 12.8. The van der Waals surface area contributed by atoms with Crippen molar-refractivity contribution >= 4 is 0 Å². The number of aromatic nitrogens is 4. The van der Waals surface area contributed by atoms with Gasteiger partial charge in [-0.1, -0.05) is 0 Å². The number of nitrogens with two attached hydrogens (primary N) is 1. The van der Waals surface area contributed by atoms with Crippen LogP contribution in [0.2, 0.25) is 0 Å². The monoisotopic (exact) mass is 311 g/mol. The van der Waals surface area contributed by atoms with Crippen molar-refractivity contribution in [2.75, 3.05) is 0 Å². The topological polar surface area (TPSA) is 69.6 Å². The number of hydrogen-bond donors (Lipinski definition) is 1. The fraction of sp³-hybridized carbons (Fsp3) is 0.500. The molecule has 0 bridgehead atoms. The van der Waals surface area contributed by atoms with Crippen LogP contribution in [0.5, 0.6) is 0 Å². The van der Waals surface area contributed by atoms with Crippen molar-refractivity contribution in [3.05, 3.63) is 29.3 Å². The Balaban J connectivity index is 1.91. The quantitative estimate of drug-likeness (QED) is 0.923. The molecule has 0 amide bonds. The summed E-state index contributed by atoms with van der Waals surface area (Å²) in [6.45, 7) is 2.38. The summed E-state index contributed by atoms with van der Waals surface area (Å²) >= 11 is 0. The molecule has 2 aromatic rings. The molecule has 8 heteroatoms. The van der Waals surface area contributed by atoms with Gasteiger partial charge in [0.05, 0.1) is 11.6 Å². The van der Waals surface area contributed by atoms with Crippen molar-refractivity contribution in [3.63, 3.8) is 0 Å². The Bertz CT molecular complexity index is 692. The molecule has 0 saturated carbocycles. The maximum Gasteiger partial charge on any atom is 0.392 e. The highest BCUT2D eigenvalue weighted by atomic mass is 19.4. The molecule has 2 N–H and O–H groups in total. The summed E-state index contributed by atoms with van der Waals surface area (Å²) in [5.41, 5.74) is 7.74. The van der Waals surface area contributed by atoms with Crippen LogP contribution in [0.3, 0.4) is 0 Å². The first-order valence-corrected chi connectivity index (χ1v) is 7.06. The summed E-state index contributed by atoms with van der Waals surface area (Å²) in [7, 11) is 0. The first-order valence-electron chi connectivity index (χ1n) is 7.06. The van der Waals surface area contributed by atoms with Gasteiger partial charge in [-0.2, -0.15) is 18.3 Å². The van der Waals surface area contributed by atoms with Crippen LogP contribution < -0.4 is 5.73 Å². The number of fused-ring (bicyclic) bond motifs is 1. The zero-order valence-corrected chi connectivity index (χ0v) is 12.1. The fourth-order valence-corrected chi connectivity index (χ4v) is 2.66. The normalized spacial score (nSPS) is 18.3. The molecule has 1 unspecified atom stereocenters. The van der Waals surface area contributed by atoms with E-state index in [9.17, 15) is 13.2 Å². The standard InChI is InChI=1S/C14H16F3N5/c1-8-11(3-2-10(7-18)19-8)13-20-12-6-9(14(15,16)17)4-5-22(12)21-13/h2-3,9H,4-7,18H2,1H3. The van der Waals surface area contributed by atoms with Crippen molar-refractivity contribution in [3.8, 4) is 11.4 Å². The van der Waals surface area contributed by atoms with E-state index in [4.69, 9.17) is 5.73 Å². The molecular weight excluding hydrogens is 295 g/mol. The summed E-state index contributed by atoms with van der Waals surface area (Å²) in [6.07, 6.45) is -4.26. The molecule has 2 aromatic heterocycles. The predicted octanol–water partition coefficient (Wildman–Crippen LogP) is 2.23. The lowest BCUT2D eigenvalue weighted by Gasteiger charge is -2.24. The highest BCUT2D eigenvalue weighted by Crippen LogP contribution is 2.35. The summed E-state index contributed by atoms with van der Waals surface area (Å²) in [6, 6.07) is 3.59. The number of aryl methyl sites for hydroxylation is 2. The summed E-state index contributed by atoms with van der Waals surface area (Å²) in [4.78, 5) is 8.62. The number of halogens is 3. The van der Waals surface area contributed by atoms with E-state index in [2.05, 4.69) is 15.1 Å². The van der Waals surface area contributed by atoms with E-state index < -0.39 is 12.1 Å². The Labute approximate surface area is 125 Å². The van der Waals surface area contributed by atoms with Crippen LogP contribution in [0.1, 0.15) is 23.6 Å². The minimum absolute atomic E-state index is 0.0443. The number of nitrogens with zero attached hydrogens (tertiary/aromatic N) is 4. The van der Waals surface area contributed by atoms with Gasteiger partial charge in [0.15, 0.2) is 5.82 Å². The van der Waals surface area contributed by atoms with Gasteiger partial charge in [0, 0.05) is 30.8 Å². The average Bonchev–Trinajstić information content (AvgIpc) is 2.88. The van der Waals surface area contributed by atoms with Gasteiger partial charge >= 0.3 is 6.18 Å². The van der Waals surface area contributed by atoms with Crippen molar-refractivity contribution in [1.82, 2.24) is 19.7 Å². The van der Waals surface area contributed by atoms with Gasteiger partial charge in [-0.3, -0.25) is 4.98 Å². The Morgan fingerprint density at radius 2 is 2.09 bits per heavy atom. The first kappa shape index (κ1) is 15.0. The molecule has 1 aliphatic rings. The third kappa shape index (κ3) is 2.70. The van der Waals surface area contributed by atoms with Crippen LogP contribution in [-0.4, -0.2) is 25.9 Å². The number of hydrogen-bond acceptors (Lipinski definition) is 4. The Morgan fingerprint density at radius 1 is 1.32 bits per heavy atom. The van der Waals surface area contributed by atoms with Crippen LogP contribution >= 0.6 is 0 Å². The number of rotatable bonds is 2. The number of pyridine rings is 1. The highest BCUT2D eigenvalue weighted by Gasteiger charge is 2.42. The SMILES string of the molecule is Cc1nc(CN)ccc1-c1nc2n(n1)CCC(C(F)(F)F)C2. The lowest BCUT2D eigenvalue weighted by Crippen LogP contribution is -2.31. The molecule has 0 saturated heterocycles. The fourth-order valence-electron chi connectivity index (χ4n) is 2.66. The van der Waals surface area contributed by atoms with Crippen molar-refractivity contribution in [1.29, 1.82) is 0 Å². The lowest BCUT2D eigenvalue weighted by atomic mass is 9.98. The molecule has 0 radical (unpaired) electrons. The van der Waals surface area contributed by atoms with Gasteiger partial charge in [-0.25, -0.2) is 9.67 Å². The van der Waals surface area contributed by atoms with Crippen LogP contribution in [-0.2, 0) is 19.5 Å². The molecule has 0 aromatic carbocycles. The van der Waals surface area contributed by atoms with E-state index >= 15 is 0 Å². The molecule has 0 spiro atoms. The van der Waals surface area contributed by atoms with E-state index in [1.807, 2.05) is 13.0 Å². The molecule has 0 aliphatic carbocycles. The second-order valence-corrected chi connectivity index (χ2v) is 5.45. The smallest absolute Gasteiger partial charge is 0.325 e. The Hall–Kier alpha value is -1.96. The van der Waals surface area contributed by atoms with Crippen molar-refractivity contribution < 1.29 is 13.2 Å². The Kier molecular flexibility index (Phi) is 3.64. The molecule has 22 heavy (non-hydrogen) atoms. The molecule has 0 fully saturated rings. The minimum Gasteiger partial charge on any atom is -0.325 e. The first-order chi connectivity index (χ1) is 10.4. The van der Waals surface area contributed by atoms with E-state index in [0.717, 1.165) is 17.0 Å². The summed E-state index contributed by atoms with van der Waals surface area (Å²) in [5, 5.41) is 4.32. The van der Waals surface area contributed by atoms with Crippen molar-refractivity contribution in [2.24, 2.45) is 11.7 Å². The molecule has 3 rings (SSSR count). The second-order valence-electron chi connectivity index (χ2n) is 5.45. The zero-order chi connectivity index (χ0) is 15.9. The highest BCUT2D eigenvalue weighted by molar-refractivity contribution is 5.57. The third-order valence-corrected chi connectivity index (χ3v) is 3.92.